The Labute approximate surface area is 169 Å². The van der Waals surface area contributed by atoms with Crippen LogP contribution in [0, 0.1) is 11.6 Å². The van der Waals surface area contributed by atoms with Crippen molar-refractivity contribution >= 4 is 11.8 Å². The number of halogens is 2. The lowest BCUT2D eigenvalue weighted by Crippen LogP contribution is -2.57. The van der Waals surface area contributed by atoms with Crippen LogP contribution in [0.25, 0.3) is 0 Å². The highest BCUT2D eigenvalue weighted by Crippen LogP contribution is 2.23. The van der Waals surface area contributed by atoms with Gasteiger partial charge in [-0.1, -0.05) is 13.8 Å². The molecule has 0 spiro atoms. The first-order valence-corrected chi connectivity index (χ1v) is 9.85. The van der Waals surface area contributed by atoms with Gasteiger partial charge in [-0.15, -0.1) is 0 Å². The molecule has 0 aromatic heterocycles. The van der Waals surface area contributed by atoms with Gasteiger partial charge < -0.3 is 21.1 Å². The van der Waals surface area contributed by atoms with E-state index in [1.165, 1.54) is 6.92 Å². The van der Waals surface area contributed by atoms with E-state index >= 15 is 0 Å². The van der Waals surface area contributed by atoms with E-state index in [1.807, 2.05) is 13.8 Å². The Morgan fingerprint density at radius 1 is 1.21 bits per heavy atom. The molecule has 1 aliphatic carbocycles. The number of nitrogens with two attached hydrogens (primary N) is 1. The minimum absolute atomic E-state index is 0.0206. The molecule has 4 N–H and O–H groups in total. The lowest BCUT2D eigenvalue weighted by atomic mass is 9.87. The summed E-state index contributed by atoms with van der Waals surface area (Å²) in [5.41, 5.74) is 6.98. The van der Waals surface area contributed by atoms with E-state index < -0.39 is 29.8 Å². The van der Waals surface area contributed by atoms with Crippen LogP contribution in [-0.4, -0.2) is 36.1 Å². The van der Waals surface area contributed by atoms with Gasteiger partial charge in [0.15, 0.2) is 0 Å². The number of ether oxygens (including phenoxy) is 1. The quantitative estimate of drug-likeness (QED) is 0.614. The fourth-order valence-corrected chi connectivity index (χ4v) is 3.42. The summed E-state index contributed by atoms with van der Waals surface area (Å²) in [6.07, 6.45) is 2.93. The average molecular weight is 409 g/mol. The molecule has 1 aliphatic rings. The second kappa shape index (κ2) is 10.5. The summed E-state index contributed by atoms with van der Waals surface area (Å²) in [5.74, 6) is -2.02. The molecule has 2 amide bonds. The highest BCUT2D eigenvalue weighted by atomic mass is 19.1. The zero-order chi connectivity index (χ0) is 21.6. The van der Waals surface area contributed by atoms with Crippen molar-refractivity contribution < 1.29 is 23.1 Å². The van der Waals surface area contributed by atoms with E-state index in [-0.39, 0.29) is 30.9 Å². The van der Waals surface area contributed by atoms with Gasteiger partial charge in [-0.3, -0.25) is 9.59 Å². The van der Waals surface area contributed by atoms with Gasteiger partial charge in [0.25, 0.3) is 0 Å². The Morgan fingerprint density at radius 2 is 1.83 bits per heavy atom. The third-order valence-corrected chi connectivity index (χ3v) is 4.93. The first-order chi connectivity index (χ1) is 13.7. The van der Waals surface area contributed by atoms with E-state index in [4.69, 9.17) is 10.5 Å². The molecule has 1 aromatic carbocycles. The minimum Gasteiger partial charge on any atom is -0.369 e. The molecule has 6 nitrogen and oxygen atoms in total. The highest BCUT2D eigenvalue weighted by molar-refractivity contribution is 5.93. The number of hydrogen-bond acceptors (Lipinski definition) is 4. The number of nitrogens with one attached hydrogen (secondary N) is 2. The molecular formula is C21H29F2N3O3. The third-order valence-electron chi connectivity index (χ3n) is 4.93. The number of rotatable bonds is 8. The maximum absolute atomic E-state index is 13.3. The van der Waals surface area contributed by atoms with Crippen LogP contribution in [0.1, 0.15) is 45.6 Å². The van der Waals surface area contributed by atoms with Crippen LogP contribution in [0.4, 0.5) is 8.78 Å². The molecule has 0 saturated carbocycles. The summed E-state index contributed by atoms with van der Waals surface area (Å²) in [5, 5.41) is 5.48. The van der Waals surface area contributed by atoms with Gasteiger partial charge in [-0.25, -0.2) is 8.78 Å². The van der Waals surface area contributed by atoms with E-state index in [0.717, 1.165) is 31.0 Å². The molecule has 0 unspecified atom stereocenters. The molecular weight excluding hydrogens is 380 g/mol. The van der Waals surface area contributed by atoms with Crippen LogP contribution in [0.15, 0.2) is 29.8 Å². The van der Waals surface area contributed by atoms with Crippen molar-refractivity contribution in [2.45, 2.75) is 70.9 Å². The van der Waals surface area contributed by atoms with Gasteiger partial charge in [-0.2, -0.15) is 0 Å². The average Bonchev–Trinajstić information content (AvgIpc) is 2.65. The monoisotopic (exact) mass is 409 g/mol. The van der Waals surface area contributed by atoms with Crippen molar-refractivity contribution in [3.8, 4) is 0 Å². The first kappa shape index (κ1) is 23.0. The lowest BCUT2D eigenvalue weighted by Gasteiger charge is -2.36. The normalized spacial score (nSPS) is 21.6. The third kappa shape index (κ3) is 6.61. The van der Waals surface area contributed by atoms with Crippen molar-refractivity contribution in [1.82, 2.24) is 10.6 Å². The Hall–Kier alpha value is -2.32. The van der Waals surface area contributed by atoms with Crippen molar-refractivity contribution in [3.63, 3.8) is 0 Å². The van der Waals surface area contributed by atoms with Crippen LogP contribution in [0.3, 0.4) is 0 Å². The topological polar surface area (TPSA) is 93.4 Å². The summed E-state index contributed by atoms with van der Waals surface area (Å²) in [4.78, 5) is 24.2. The van der Waals surface area contributed by atoms with Crippen LogP contribution < -0.4 is 16.4 Å². The minimum atomic E-state index is -0.704. The van der Waals surface area contributed by atoms with Crippen molar-refractivity contribution in [2.24, 2.45) is 5.73 Å². The summed E-state index contributed by atoms with van der Waals surface area (Å²) in [7, 11) is 0. The summed E-state index contributed by atoms with van der Waals surface area (Å²) in [6.45, 7) is 5.39. The second-order valence-electron chi connectivity index (χ2n) is 7.29. The fourth-order valence-electron chi connectivity index (χ4n) is 3.42. The Balaban J connectivity index is 2.15. The standard InChI is InChI=1S/C21H29F2N3O3/c1-4-17(5-2)29-19-9-14(8-18(24)20(19)26-12(3)27)21(28)25-11-13-6-15(22)10-16(23)7-13/h6-7,9-10,17-20H,4-5,8,11,24H2,1-3H3,(H,25,28)(H,26,27)/t18-,19+,20+/m0/s1. The molecule has 160 valence electrons. The maximum Gasteiger partial charge on any atom is 0.247 e. The molecule has 8 heteroatoms. The molecule has 0 heterocycles. The second-order valence-corrected chi connectivity index (χ2v) is 7.29. The number of amides is 2. The van der Waals surface area contributed by atoms with Gasteiger partial charge in [0.05, 0.1) is 18.2 Å². The van der Waals surface area contributed by atoms with Gasteiger partial charge in [0.1, 0.15) is 11.6 Å². The molecule has 0 fully saturated rings. The van der Waals surface area contributed by atoms with E-state index in [2.05, 4.69) is 10.6 Å². The van der Waals surface area contributed by atoms with Gasteiger partial charge in [0, 0.05) is 31.1 Å². The summed E-state index contributed by atoms with van der Waals surface area (Å²) in [6, 6.07) is 2.15. The summed E-state index contributed by atoms with van der Waals surface area (Å²) >= 11 is 0. The van der Waals surface area contributed by atoms with Crippen LogP contribution in [0.5, 0.6) is 0 Å². The number of benzene rings is 1. The lowest BCUT2D eigenvalue weighted by molar-refractivity contribution is -0.121. The SMILES string of the molecule is CCC(CC)O[C@@H]1C=C(C(=O)NCc2cc(F)cc(F)c2)C[C@H](N)[C@H]1NC(C)=O. The van der Waals surface area contributed by atoms with E-state index in [1.54, 1.807) is 6.08 Å². The maximum atomic E-state index is 13.3. The Bertz CT molecular complexity index is 745. The molecule has 0 aliphatic heterocycles. The number of hydrogen-bond donors (Lipinski definition) is 3. The molecule has 29 heavy (non-hydrogen) atoms. The van der Waals surface area contributed by atoms with Crippen LogP contribution >= 0.6 is 0 Å². The van der Waals surface area contributed by atoms with Gasteiger partial charge in [-0.05, 0) is 43.0 Å². The number of carbonyl (C=O) groups excluding carboxylic acids is 2. The van der Waals surface area contributed by atoms with Crippen molar-refractivity contribution in [2.75, 3.05) is 0 Å². The van der Waals surface area contributed by atoms with Crippen molar-refractivity contribution in [1.29, 1.82) is 0 Å². The van der Waals surface area contributed by atoms with E-state index in [0.29, 0.717) is 11.1 Å². The summed E-state index contributed by atoms with van der Waals surface area (Å²) < 4.78 is 32.7. The Kier molecular flexibility index (Phi) is 8.28. The van der Waals surface area contributed by atoms with E-state index in [9.17, 15) is 18.4 Å². The van der Waals surface area contributed by atoms with Crippen LogP contribution in [0.2, 0.25) is 0 Å². The molecule has 2 rings (SSSR count). The Morgan fingerprint density at radius 3 is 2.38 bits per heavy atom. The largest absolute Gasteiger partial charge is 0.369 e. The fraction of sp³-hybridized carbons (Fsp3) is 0.524. The van der Waals surface area contributed by atoms with Crippen LogP contribution in [-0.2, 0) is 20.9 Å². The zero-order valence-electron chi connectivity index (χ0n) is 17.0. The predicted octanol–water partition coefficient (Wildman–Crippen LogP) is 2.32. The zero-order valence-corrected chi connectivity index (χ0v) is 17.0. The van der Waals surface area contributed by atoms with Gasteiger partial charge in [0.2, 0.25) is 11.8 Å². The van der Waals surface area contributed by atoms with Gasteiger partial charge >= 0.3 is 0 Å². The molecule has 0 saturated heterocycles. The smallest absolute Gasteiger partial charge is 0.247 e. The number of carbonyl (C=O) groups is 2. The first-order valence-electron chi connectivity index (χ1n) is 9.85. The molecule has 0 radical (unpaired) electrons. The molecule has 0 bridgehead atoms. The molecule has 3 atom stereocenters. The molecule has 1 aromatic rings. The van der Waals surface area contributed by atoms with Crippen molar-refractivity contribution in [3.05, 3.63) is 47.0 Å². The highest BCUT2D eigenvalue weighted by Gasteiger charge is 2.35. The predicted molar refractivity (Wildman–Crippen MR) is 106 cm³/mol.